The van der Waals surface area contributed by atoms with Crippen LogP contribution in [0, 0.1) is 31.0 Å². The summed E-state index contributed by atoms with van der Waals surface area (Å²) in [6.07, 6.45) is 1.85. The molecule has 3 rings (SSSR count). The summed E-state index contributed by atoms with van der Waals surface area (Å²) in [6.45, 7) is 5.45. The maximum absolute atomic E-state index is 14.4. The molecule has 29 heavy (non-hydrogen) atoms. The summed E-state index contributed by atoms with van der Waals surface area (Å²) >= 11 is 0. The van der Waals surface area contributed by atoms with Crippen molar-refractivity contribution in [1.82, 2.24) is 9.29 Å². The molecular weight excluding hydrogens is 391 g/mol. The van der Waals surface area contributed by atoms with Gasteiger partial charge in [0.1, 0.15) is 10.7 Å². The SMILES string of the molecule is Cc1cc(C)c(S(=O)(=O)NC(C)Cn2cc(CC#N)c3cccc(F)c32)c(N)c1. The molecule has 0 fully saturated rings. The topological polar surface area (TPSA) is 101 Å². The molecule has 0 spiro atoms. The fourth-order valence-electron chi connectivity index (χ4n) is 3.77. The Morgan fingerprint density at radius 3 is 2.69 bits per heavy atom. The Hall–Kier alpha value is -2.89. The van der Waals surface area contributed by atoms with Crippen LogP contribution in [0.1, 0.15) is 23.6 Å². The van der Waals surface area contributed by atoms with E-state index in [4.69, 9.17) is 11.0 Å². The van der Waals surface area contributed by atoms with E-state index in [-0.39, 0.29) is 23.5 Å². The monoisotopic (exact) mass is 414 g/mol. The molecule has 0 aliphatic carbocycles. The van der Waals surface area contributed by atoms with Gasteiger partial charge in [0, 0.05) is 24.2 Å². The van der Waals surface area contributed by atoms with Gasteiger partial charge in [-0.25, -0.2) is 17.5 Å². The number of hydrogen-bond acceptors (Lipinski definition) is 4. The molecule has 0 radical (unpaired) electrons. The molecule has 6 nitrogen and oxygen atoms in total. The summed E-state index contributed by atoms with van der Waals surface area (Å²) in [4.78, 5) is 0.0589. The number of benzene rings is 2. The normalized spacial score (nSPS) is 12.8. The van der Waals surface area contributed by atoms with E-state index in [1.807, 2.05) is 6.92 Å². The second-order valence-electron chi connectivity index (χ2n) is 7.30. The van der Waals surface area contributed by atoms with Gasteiger partial charge in [0.15, 0.2) is 0 Å². The number of sulfonamides is 1. The number of para-hydroxylation sites is 1. The van der Waals surface area contributed by atoms with Crippen molar-refractivity contribution in [3.05, 3.63) is 59.0 Å². The van der Waals surface area contributed by atoms with E-state index < -0.39 is 21.9 Å². The first-order chi connectivity index (χ1) is 13.6. The van der Waals surface area contributed by atoms with Crippen LogP contribution in [0.2, 0.25) is 0 Å². The Morgan fingerprint density at radius 1 is 1.31 bits per heavy atom. The van der Waals surface area contributed by atoms with Crippen molar-refractivity contribution in [3.8, 4) is 6.07 Å². The van der Waals surface area contributed by atoms with Crippen LogP contribution in [0.25, 0.3) is 10.9 Å². The highest BCUT2D eigenvalue weighted by atomic mass is 32.2. The van der Waals surface area contributed by atoms with E-state index in [2.05, 4.69) is 10.8 Å². The third kappa shape index (κ3) is 4.11. The number of halogens is 1. The molecule has 0 amide bonds. The molecule has 1 heterocycles. The Kier molecular flexibility index (Phi) is 5.64. The summed E-state index contributed by atoms with van der Waals surface area (Å²) < 4.78 is 44.5. The van der Waals surface area contributed by atoms with E-state index in [0.29, 0.717) is 22.0 Å². The number of nitrogens with zero attached hydrogens (tertiary/aromatic N) is 2. The lowest BCUT2D eigenvalue weighted by Crippen LogP contribution is -2.36. The summed E-state index contributed by atoms with van der Waals surface area (Å²) in [5, 5.41) is 9.69. The lowest BCUT2D eigenvalue weighted by Gasteiger charge is -2.18. The average Bonchev–Trinajstić information content (AvgIpc) is 2.92. The van der Waals surface area contributed by atoms with Crippen LogP contribution in [0.15, 0.2) is 41.4 Å². The van der Waals surface area contributed by atoms with E-state index in [1.54, 1.807) is 48.9 Å². The van der Waals surface area contributed by atoms with Crippen LogP contribution in [0.4, 0.5) is 10.1 Å². The number of aryl methyl sites for hydroxylation is 2. The van der Waals surface area contributed by atoms with Crippen molar-refractivity contribution in [2.24, 2.45) is 0 Å². The quantitative estimate of drug-likeness (QED) is 0.604. The third-order valence-electron chi connectivity index (χ3n) is 4.74. The smallest absolute Gasteiger partial charge is 0.243 e. The fraction of sp³-hybridized carbons (Fsp3) is 0.286. The predicted molar refractivity (Wildman–Crippen MR) is 111 cm³/mol. The molecule has 0 saturated heterocycles. The Labute approximate surface area is 169 Å². The van der Waals surface area contributed by atoms with Gasteiger partial charge >= 0.3 is 0 Å². The maximum Gasteiger partial charge on any atom is 0.243 e. The van der Waals surface area contributed by atoms with Crippen molar-refractivity contribution in [2.75, 3.05) is 5.73 Å². The van der Waals surface area contributed by atoms with Gasteiger partial charge in [-0.05, 0) is 49.6 Å². The van der Waals surface area contributed by atoms with Crippen LogP contribution in [0.5, 0.6) is 0 Å². The molecule has 1 unspecified atom stereocenters. The van der Waals surface area contributed by atoms with Gasteiger partial charge in [-0.2, -0.15) is 5.26 Å². The molecular formula is C21H23FN4O2S. The minimum absolute atomic E-state index is 0.0589. The van der Waals surface area contributed by atoms with Gasteiger partial charge in [0.2, 0.25) is 10.0 Å². The highest BCUT2D eigenvalue weighted by Gasteiger charge is 2.23. The highest BCUT2D eigenvalue weighted by Crippen LogP contribution is 2.26. The average molecular weight is 415 g/mol. The molecule has 0 bridgehead atoms. The molecule has 8 heteroatoms. The second kappa shape index (κ2) is 7.85. The van der Waals surface area contributed by atoms with Crippen LogP contribution >= 0.6 is 0 Å². The molecule has 0 aliphatic rings. The lowest BCUT2D eigenvalue weighted by molar-refractivity contribution is 0.523. The summed E-state index contributed by atoms with van der Waals surface area (Å²) in [6, 6.07) is 9.62. The molecule has 0 saturated carbocycles. The fourth-order valence-corrected chi connectivity index (χ4v) is 5.34. The second-order valence-corrected chi connectivity index (χ2v) is 8.95. The first-order valence-electron chi connectivity index (χ1n) is 9.16. The van der Waals surface area contributed by atoms with Crippen LogP contribution in [-0.2, 0) is 23.0 Å². The van der Waals surface area contributed by atoms with Gasteiger partial charge in [-0.15, -0.1) is 0 Å². The zero-order valence-corrected chi connectivity index (χ0v) is 17.3. The number of hydrogen-bond donors (Lipinski definition) is 2. The van der Waals surface area contributed by atoms with Gasteiger partial charge in [0.25, 0.3) is 0 Å². The van der Waals surface area contributed by atoms with Gasteiger partial charge in [-0.3, -0.25) is 0 Å². The number of nitriles is 1. The van der Waals surface area contributed by atoms with Gasteiger partial charge in [-0.1, -0.05) is 18.2 Å². The molecule has 3 aromatic rings. The zero-order chi connectivity index (χ0) is 21.3. The van der Waals surface area contributed by atoms with Crippen LogP contribution < -0.4 is 10.5 Å². The molecule has 3 N–H and O–H groups in total. The molecule has 0 aliphatic heterocycles. The number of nitrogen functional groups attached to an aromatic ring is 1. The Bertz CT molecular complexity index is 1200. The molecule has 1 atom stereocenters. The van der Waals surface area contributed by atoms with E-state index in [1.165, 1.54) is 6.07 Å². The van der Waals surface area contributed by atoms with Crippen molar-refractivity contribution >= 4 is 26.6 Å². The van der Waals surface area contributed by atoms with Gasteiger partial charge in [0.05, 0.1) is 23.7 Å². The zero-order valence-electron chi connectivity index (χ0n) is 16.5. The van der Waals surface area contributed by atoms with Crippen molar-refractivity contribution in [1.29, 1.82) is 5.26 Å². The standard InChI is InChI=1S/C21H23FN4O2S/c1-13-9-14(2)21(19(24)10-13)29(27,28)25-15(3)11-26-12-16(7-8-23)17-5-4-6-18(22)20(17)26/h4-6,9-10,12,15,25H,7,11,24H2,1-3H3. The number of rotatable bonds is 6. The number of nitrogens with two attached hydrogens (primary N) is 1. The largest absolute Gasteiger partial charge is 0.398 e. The number of anilines is 1. The van der Waals surface area contributed by atoms with Crippen molar-refractivity contribution < 1.29 is 12.8 Å². The van der Waals surface area contributed by atoms with E-state index in [0.717, 1.165) is 5.56 Å². The summed E-state index contributed by atoms with van der Waals surface area (Å²) in [5.41, 5.74) is 8.66. The van der Waals surface area contributed by atoms with E-state index in [9.17, 15) is 12.8 Å². The lowest BCUT2D eigenvalue weighted by atomic mass is 10.1. The minimum atomic E-state index is -3.86. The first kappa shape index (κ1) is 20.8. The first-order valence-corrected chi connectivity index (χ1v) is 10.6. The van der Waals surface area contributed by atoms with E-state index >= 15 is 0 Å². The number of aromatic nitrogens is 1. The van der Waals surface area contributed by atoms with Crippen LogP contribution in [-0.4, -0.2) is 19.0 Å². The molecule has 2 aromatic carbocycles. The summed E-state index contributed by atoms with van der Waals surface area (Å²) in [7, 11) is -3.86. The van der Waals surface area contributed by atoms with Crippen molar-refractivity contribution in [2.45, 2.75) is 44.7 Å². The van der Waals surface area contributed by atoms with Crippen molar-refractivity contribution in [3.63, 3.8) is 0 Å². The Balaban J connectivity index is 1.92. The molecule has 1 aromatic heterocycles. The van der Waals surface area contributed by atoms with Crippen LogP contribution in [0.3, 0.4) is 0 Å². The maximum atomic E-state index is 14.4. The third-order valence-corrected chi connectivity index (χ3v) is 6.55. The Morgan fingerprint density at radius 2 is 2.03 bits per heavy atom. The number of fused-ring (bicyclic) bond motifs is 1. The molecule has 152 valence electrons. The predicted octanol–water partition coefficient (Wildman–Crippen LogP) is 3.41. The minimum Gasteiger partial charge on any atom is -0.398 e. The summed E-state index contributed by atoms with van der Waals surface area (Å²) in [5.74, 6) is -0.416. The van der Waals surface area contributed by atoms with Gasteiger partial charge < -0.3 is 10.3 Å². The number of nitrogens with one attached hydrogen (secondary N) is 1. The highest BCUT2D eigenvalue weighted by molar-refractivity contribution is 7.89.